The predicted octanol–water partition coefficient (Wildman–Crippen LogP) is 4.97. The molecule has 0 saturated carbocycles. The lowest BCUT2D eigenvalue weighted by Gasteiger charge is -1.97. The van der Waals surface area contributed by atoms with Gasteiger partial charge in [-0.05, 0) is 46.8 Å². The monoisotopic (exact) mass is 443 g/mol. The zero-order chi connectivity index (χ0) is 25.5. The number of benzene rings is 1. The van der Waals surface area contributed by atoms with Crippen LogP contribution >= 0.6 is 0 Å². The van der Waals surface area contributed by atoms with Crippen LogP contribution in [-0.2, 0) is 9.47 Å². The van der Waals surface area contributed by atoms with Gasteiger partial charge in [0.25, 0.3) is 5.69 Å². The summed E-state index contributed by atoms with van der Waals surface area (Å²) in [6.45, 7) is 21.2. The number of aliphatic hydroxyl groups is 2. The second-order valence-electron chi connectivity index (χ2n) is 4.75. The number of hydrogen-bond donors (Lipinski definition) is 2. The van der Waals surface area contributed by atoms with Crippen LogP contribution in [-0.4, -0.2) is 54.6 Å². The molecule has 2 N–H and O–H groups in total. The van der Waals surface area contributed by atoms with Crippen LogP contribution in [0.25, 0.3) is 0 Å². The number of methoxy groups -OCH3 is 1. The molecular formula is C23H41NO7. The van der Waals surface area contributed by atoms with Gasteiger partial charge in [-0.1, -0.05) is 18.2 Å². The third kappa shape index (κ3) is 42.3. The van der Waals surface area contributed by atoms with E-state index >= 15 is 0 Å². The number of aliphatic hydroxyl groups excluding tert-OH is 2. The third-order valence-corrected chi connectivity index (χ3v) is 2.01. The first kappa shape index (κ1) is 38.8. The zero-order valence-electron chi connectivity index (χ0n) is 19.9. The number of ether oxygens (including phenoxy) is 2. The van der Waals surface area contributed by atoms with E-state index in [1.54, 1.807) is 18.2 Å². The molecule has 0 bridgehead atoms. The Morgan fingerprint density at radius 3 is 1.45 bits per heavy atom. The van der Waals surface area contributed by atoms with Crippen LogP contribution < -0.4 is 0 Å². The van der Waals surface area contributed by atoms with Gasteiger partial charge in [-0.2, -0.15) is 0 Å². The molecule has 31 heavy (non-hydrogen) atoms. The highest BCUT2D eigenvalue weighted by atomic mass is 16.6. The fraction of sp³-hybridized carbons (Fsp3) is 0.435. The molecule has 0 aliphatic carbocycles. The molecular weight excluding hydrogens is 402 g/mol. The average Bonchev–Trinajstić information content (AvgIpc) is 2.76. The first-order valence-corrected chi connectivity index (χ1v) is 9.56. The number of nitro groups is 1. The Kier molecular flexibility index (Phi) is 47.3. The van der Waals surface area contributed by atoms with Crippen molar-refractivity contribution in [1.82, 2.24) is 0 Å². The lowest BCUT2D eigenvalue weighted by atomic mass is 10.2. The van der Waals surface area contributed by atoms with Gasteiger partial charge < -0.3 is 19.7 Å². The minimum absolute atomic E-state index is 0.0485. The standard InChI is InChI=1S/C8H7NO4.C4H10O.3C3H6.C2H6O2/c1-13-8(10)6-2-4-7(5-3-6)9(11)12;1-3-5-4-2;3*1-3-2;3-1-2-4/h2-5H,1H3;3-4H2,1-2H3;3*3H,1H2,2H3;3-4H,1-2H2. The highest BCUT2D eigenvalue weighted by Gasteiger charge is 2.08. The molecule has 0 radical (unpaired) electrons. The van der Waals surface area contributed by atoms with Crippen LogP contribution in [0.5, 0.6) is 0 Å². The summed E-state index contributed by atoms with van der Waals surface area (Å²) >= 11 is 0. The van der Waals surface area contributed by atoms with Crippen molar-refractivity contribution in [2.24, 2.45) is 0 Å². The Balaban J connectivity index is -0.000000104. The zero-order valence-corrected chi connectivity index (χ0v) is 19.9. The van der Waals surface area contributed by atoms with Crippen molar-refractivity contribution in [3.63, 3.8) is 0 Å². The lowest BCUT2D eigenvalue weighted by Crippen LogP contribution is -2.00. The molecule has 8 nitrogen and oxygen atoms in total. The Morgan fingerprint density at radius 2 is 1.29 bits per heavy atom. The van der Waals surface area contributed by atoms with Crippen LogP contribution in [0.3, 0.4) is 0 Å². The first-order valence-electron chi connectivity index (χ1n) is 9.56. The molecule has 0 heterocycles. The number of rotatable bonds is 5. The lowest BCUT2D eigenvalue weighted by molar-refractivity contribution is -0.384. The number of esters is 1. The van der Waals surface area contributed by atoms with Gasteiger partial charge in [-0.3, -0.25) is 10.1 Å². The second kappa shape index (κ2) is 37.9. The smallest absolute Gasteiger partial charge is 0.337 e. The topological polar surface area (TPSA) is 119 Å². The highest BCUT2D eigenvalue weighted by molar-refractivity contribution is 5.89. The summed E-state index contributed by atoms with van der Waals surface area (Å²) in [7, 11) is 1.25. The summed E-state index contributed by atoms with van der Waals surface area (Å²) < 4.78 is 9.26. The SMILES string of the molecule is C=CC.C=CC.C=CC.CCOCC.COC(=O)c1ccc([N+](=O)[O-])cc1.OCCO. The molecule has 0 unspecified atom stereocenters. The Bertz CT molecular complexity index is 511. The van der Waals surface area contributed by atoms with Crippen molar-refractivity contribution in [3.8, 4) is 0 Å². The molecule has 0 aliphatic rings. The minimum atomic E-state index is -0.527. The van der Waals surface area contributed by atoms with Crippen molar-refractivity contribution in [2.75, 3.05) is 33.5 Å². The van der Waals surface area contributed by atoms with Crippen molar-refractivity contribution in [3.05, 3.63) is 77.9 Å². The Morgan fingerprint density at radius 1 is 0.968 bits per heavy atom. The van der Waals surface area contributed by atoms with Crippen LogP contribution in [0, 0.1) is 10.1 Å². The molecule has 0 saturated heterocycles. The van der Waals surface area contributed by atoms with E-state index in [9.17, 15) is 14.9 Å². The van der Waals surface area contributed by atoms with Crippen LogP contribution in [0.1, 0.15) is 45.0 Å². The molecule has 0 aromatic heterocycles. The van der Waals surface area contributed by atoms with Gasteiger partial charge in [0.05, 0.1) is 30.8 Å². The van der Waals surface area contributed by atoms with Crippen molar-refractivity contribution < 1.29 is 29.4 Å². The van der Waals surface area contributed by atoms with Crippen molar-refractivity contribution >= 4 is 11.7 Å². The maximum absolute atomic E-state index is 10.9. The normalized spacial score (nSPS) is 7.48. The predicted molar refractivity (Wildman–Crippen MR) is 128 cm³/mol. The molecule has 180 valence electrons. The van der Waals surface area contributed by atoms with Gasteiger partial charge in [0.2, 0.25) is 0 Å². The Hall–Kier alpha value is -2.81. The van der Waals surface area contributed by atoms with Gasteiger partial charge in [-0.25, -0.2) is 4.79 Å². The number of non-ortho nitro benzene ring substituents is 1. The summed E-state index contributed by atoms with van der Waals surface area (Å²) in [5.74, 6) is -0.505. The van der Waals surface area contributed by atoms with E-state index in [2.05, 4.69) is 24.5 Å². The van der Waals surface area contributed by atoms with Crippen LogP contribution in [0.4, 0.5) is 5.69 Å². The molecule has 0 aliphatic heterocycles. The molecule has 8 heteroatoms. The molecule has 0 fully saturated rings. The summed E-state index contributed by atoms with van der Waals surface area (Å²) in [5.41, 5.74) is 0.251. The maximum atomic E-state index is 10.9. The van der Waals surface area contributed by atoms with Crippen molar-refractivity contribution in [2.45, 2.75) is 34.6 Å². The van der Waals surface area contributed by atoms with E-state index in [0.29, 0.717) is 5.56 Å². The number of nitro benzene ring substituents is 1. The summed E-state index contributed by atoms with van der Waals surface area (Å²) in [4.78, 5) is 20.6. The molecule has 1 aromatic carbocycles. The average molecular weight is 444 g/mol. The van der Waals surface area contributed by atoms with Gasteiger partial charge in [-0.15, -0.1) is 19.7 Å². The van der Waals surface area contributed by atoms with E-state index in [1.165, 1.54) is 31.4 Å². The first-order chi connectivity index (χ1) is 14.7. The van der Waals surface area contributed by atoms with E-state index in [-0.39, 0.29) is 18.9 Å². The fourth-order valence-electron chi connectivity index (χ4n) is 1.04. The summed E-state index contributed by atoms with van der Waals surface area (Å²) in [6, 6.07) is 5.21. The third-order valence-electron chi connectivity index (χ3n) is 2.01. The fourth-order valence-corrected chi connectivity index (χ4v) is 1.04. The minimum Gasteiger partial charge on any atom is -0.465 e. The van der Waals surface area contributed by atoms with E-state index in [0.717, 1.165) is 13.2 Å². The van der Waals surface area contributed by atoms with Crippen LogP contribution in [0.15, 0.2) is 62.2 Å². The number of carbonyl (C=O) groups excluding carboxylic acids is 1. The number of allylic oxidation sites excluding steroid dienone is 3. The Labute approximate surface area is 187 Å². The maximum Gasteiger partial charge on any atom is 0.337 e. The molecule has 0 amide bonds. The van der Waals surface area contributed by atoms with E-state index in [1.807, 2.05) is 34.6 Å². The molecule has 1 aromatic rings. The van der Waals surface area contributed by atoms with Gasteiger partial charge in [0.1, 0.15) is 0 Å². The quantitative estimate of drug-likeness (QED) is 0.285. The molecule has 0 atom stereocenters. The molecule has 0 spiro atoms. The van der Waals surface area contributed by atoms with Gasteiger partial charge in [0, 0.05) is 25.3 Å². The summed E-state index contributed by atoms with van der Waals surface area (Å²) in [6.07, 6.45) is 5.25. The van der Waals surface area contributed by atoms with Crippen LogP contribution in [0.2, 0.25) is 0 Å². The van der Waals surface area contributed by atoms with Crippen molar-refractivity contribution in [1.29, 1.82) is 0 Å². The number of carbonyl (C=O) groups is 1. The highest BCUT2D eigenvalue weighted by Crippen LogP contribution is 2.12. The van der Waals surface area contributed by atoms with E-state index < -0.39 is 10.9 Å². The van der Waals surface area contributed by atoms with Gasteiger partial charge in [0.15, 0.2) is 0 Å². The second-order valence-corrected chi connectivity index (χ2v) is 4.75. The number of nitrogens with zero attached hydrogens (tertiary/aromatic N) is 1. The largest absolute Gasteiger partial charge is 0.465 e. The number of hydrogen-bond acceptors (Lipinski definition) is 7. The molecule has 1 rings (SSSR count). The summed E-state index contributed by atoms with van der Waals surface area (Å²) in [5, 5.41) is 25.5. The van der Waals surface area contributed by atoms with Gasteiger partial charge >= 0.3 is 5.97 Å². The van der Waals surface area contributed by atoms with E-state index in [4.69, 9.17) is 14.9 Å².